The van der Waals surface area contributed by atoms with Gasteiger partial charge in [-0.15, -0.1) is 0 Å². The molecule has 2 aromatic carbocycles. The van der Waals surface area contributed by atoms with Crippen LogP contribution in [0.3, 0.4) is 0 Å². The molecule has 2 amide bonds. The SMILES string of the molecule is CC(C)N(Cc1ccccc1)C(=O)CC(=O)Nc1ccc(N2CCCC2)cc1. The van der Waals surface area contributed by atoms with Gasteiger partial charge in [0.05, 0.1) is 0 Å². The lowest BCUT2D eigenvalue weighted by Gasteiger charge is -2.27. The fraction of sp³-hybridized carbons (Fsp3) is 0.391. The highest BCUT2D eigenvalue weighted by Crippen LogP contribution is 2.22. The Balaban J connectivity index is 1.55. The molecule has 1 fully saturated rings. The quantitative estimate of drug-likeness (QED) is 0.739. The first kappa shape index (κ1) is 19.9. The Morgan fingerprint density at radius 2 is 1.64 bits per heavy atom. The lowest BCUT2D eigenvalue weighted by Crippen LogP contribution is -2.38. The zero-order valence-electron chi connectivity index (χ0n) is 16.7. The molecule has 1 N–H and O–H groups in total. The Hall–Kier alpha value is -2.82. The fourth-order valence-corrected chi connectivity index (χ4v) is 3.51. The predicted molar refractivity (Wildman–Crippen MR) is 113 cm³/mol. The molecule has 0 unspecified atom stereocenters. The summed E-state index contributed by atoms with van der Waals surface area (Å²) in [6.07, 6.45) is 2.31. The molecule has 1 aliphatic heterocycles. The molecule has 0 bridgehead atoms. The summed E-state index contributed by atoms with van der Waals surface area (Å²) in [5, 5.41) is 2.84. The molecule has 0 aromatic heterocycles. The fourth-order valence-electron chi connectivity index (χ4n) is 3.51. The van der Waals surface area contributed by atoms with E-state index < -0.39 is 0 Å². The van der Waals surface area contributed by atoms with Gasteiger partial charge in [0.2, 0.25) is 11.8 Å². The minimum Gasteiger partial charge on any atom is -0.372 e. The van der Waals surface area contributed by atoms with Crippen LogP contribution < -0.4 is 10.2 Å². The molecule has 0 aliphatic carbocycles. The van der Waals surface area contributed by atoms with Crippen molar-refractivity contribution < 1.29 is 9.59 Å². The molecule has 148 valence electrons. The van der Waals surface area contributed by atoms with Gasteiger partial charge in [-0.3, -0.25) is 9.59 Å². The molecular formula is C23H29N3O2. The Kier molecular flexibility index (Phi) is 6.69. The molecule has 2 aromatic rings. The van der Waals surface area contributed by atoms with Gasteiger partial charge in [-0.2, -0.15) is 0 Å². The minimum atomic E-state index is -0.280. The van der Waals surface area contributed by atoms with Crippen LogP contribution in [0, 0.1) is 0 Å². The third kappa shape index (κ3) is 5.35. The normalized spacial score (nSPS) is 13.6. The predicted octanol–water partition coefficient (Wildman–Crippen LogP) is 4.05. The number of rotatable bonds is 7. The Bertz CT molecular complexity index is 781. The van der Waals surface area contributed by atoms with E-state index in [-0.39, 0.29) is 24.3 Å². The average Bonchev–Trinajstić information content (AvgIpc) is 3.22. The van der Waals surface area contributed by atoms with E-state index in [9.17, 15) is 9.59 Å². The molecule has 5 nitrogen and oxygen atoms in total. The van der Waals surface area contributed by atoms with Crippen molar-refractivity contribution in [3.8, 4) is 0 Å². The first-order chi connectivity index (χ1) is 13.5. The van der Waals surface area contributed by atoms with E-state index in [1.807, 2.05) is 68.4 Å². The van der Waals surface area contributed by atoms with Crippen molar-refractivity contribution in [1.29, 1.82) is 0 Å². The van der Waals surface area contributed by atoms with Crippen molar-refractivity contribution in [3.05, 3.63) is 60.2 Å². The largest absolute Gasteiger partial charge is 0.372 e. The van der Waals surface area contributed by atoms with Gasteiger partial charge >= 0.3 is 0 Å². The summed E-state index contributed by atoms with van der Waals surface area (Å²) in [5.41, 5.74) is 2.96. The van der Waals surface area contributed by atoms with Gasteiger partial charge in [-0.25, -0.2) is 0 Å². The molecule has 0 atom stereocenters. The first-order valence-electron chi connectivity index (χ1n) is 10.0. The topological polar surface area (TPSA) is 52.7 Å². The lowest BCUT2D eigenvalue weighted by atomic mass is 10.1. The number of benzene rings is 2. The van der Waals surface area contributed by atoms with Gasteiger partial charge in [0, 0.05) is 37.1 Å². The van der Waals surface area contributed by atoms with Gasteiger partial charge in [0.15, 0.2) is 0 Å². The lowest BCUT2D eigenvalue weighted by molar-refractivity contribution is -0.136. The maximum absolute atomic E-state index is 12.7. The first-order valence-corrected chi connectivity index (χ1v) is 10.0. The average molecular weight is 380 g/mol. The van der Waals surface area contributed by atoms with Crippen molar-refractivity contribution in [3.63, 3.8) is 0 Å². The number of hydrogen-bond donors (Lipinski definition) is 1. The van der Waals surface area contributed by atoms with E-state index in [0.29, 0.717) is 6.54 Å². The number of carbonyl (C=O) groups excluding carboxylic acids is 2. The van der Waals surface area contributed by atoms with Gasteiger partial charge in [0.1, 0.15) is 6.42 Å². The monoisotopic (exact) mass is 379 g/mol. The van der Waals surface area contributed by atoms with Crippen molar-refractivity contribution in [1.82, 2.24) is 4.90 Å². The second kappa shape index (κ2) is 9.40. The number of amides is 2. The van der Waals surface area contributed by atoms with Crippen LogP contribution in [-0.2, 0) is 16.1 Å². The number of nitrogens with one attached hydrogen (secondary N) is 1. The van der Waals surface area contributed by atoms with E-state index in [4.69, 9.17) is 0 Å². The second-order valence-corrected chi connectivity index (χ2v) is 7.57. The van der Waals surface area contributed by atoms with Gasteiger partial charge in [-0.1, -0.05) is 30.3 Å². The molecular weight excluding hydrogens is 350 g/mol. The molecule has 1 heterocycles. The van der Waals surface area contributed by atoms with Crippen LogP contribution in [0.1, 0.15) is 38.7 Å². The summed E-state index contributed by atoms with van der Waals surface area (Å²) in [7, 11) is 0. The third-order valence-corrected chi connectivity index (χ3v) is 5.07. The molecule has 3 rings (SSSR count). The zero-order valence-corrected chi connectivity index (χ0v) is 16.7. The summed E-state index contributed by atoms with van der Waals surface area (Å²) >= 11 is 0. The van der Waals surface area contributed by atoms with Crippen molar-refractivity contribution in [2.45, 2.75) is 45.7 Å². The highest BCUT2D eigenvalue weighted by molar-refractivity contribution is 6.03. The van der Waals surface area contributed by atoms with Crippen LogP contribution >= 0.6 is 0 Å². The summed E-state index contributed by atoms with van der Waals surface area (Å²) in [6, 6.07) is 17.7. The van der Waals surface area contributed by atoms with E-state index in [0.717, 1.165) is 24.3 Å². The number of anilines is 2. The van der Waals surface area contributed by atoms with Crippen molar-refractivity contribution >= 4 is 23.2 Å². The van der Waals surface area contributed by atoms with E-state index in [1.165, 1.54) is 18.5 Å². The zero-order chi connectivity index (χ0) is 19.9. The molecule has 0 spiro atoms. The van der Waals surface area contributed by atoms with Crippen molar-refractivity contribution in [2.24, 2.45) is 0 Å². The molecule has 5 heteroatoms. The summed E-state index contributed by atoms with van der Waals surface area (Å²) in [6.45, 7) is 6.63. The van der Waals surface area contributed by atoms with Crippen LogP contribution in [0.5, 0.6) is 0 Å². The number of hydrogen-bond acceptors (Lipinski definition) is 3. The van der Waals surface area contributed by atoms with Crippen LogP contribution in [0.4, 0.5) is 11.4 Å². The van der Waals surface area contributed by atoms with Gasteiger partial charge in [0.25, 0.3) is 0 Å². The van der Waals surface area contributed by atoms with Gasteiger partial charge in [-0.05, 0) is 56.5 Å². The highest BCUT2D eigenvalue weighted by Gasteiger charge is 2.20. The number of nitrogens with zero attached hydrogens (tertiary/aromatic N) is 2. The van der Waals surface area contributed by atoms with Crippen LogP contribution in [0.2, 0.25) is 0 Å². The second-order valence-electron chi connectivity index (χ2n) is 7.57. The molecule has 1 aliphatic rings. The summed E-state index contributed by atoms with van der Waals surface area (Å²) in [4.78, 5) is 29.1. The molecule has 0 saturated carbocycles. The van der Waals surface area contributed by atoms with Crippen LogP contribution in [0.15, 0.2) is 54.6 Å². The minimum absolute atomic E-state index is 0.0280. The van der Waals surface area contributed by atoms with E-state index in [2.05, 4.69) is 10.2 Å². The maximum Gasteiger partial charge on any atom is 0.233 e. The Morgan fingerprint density at radius 1 is 1.00 bits per heavy atom. The standard InChI is InChI=1S/C23H29N3O2/c1-18(2)26(17-19-8-4-3-5-9-19)23(28)16-22(27)24-20-10-12-21(13-11-20)25-14-6-7-15-25/h3-5,8-13,18H,6-7,14-17H2,1-2H3,(H,24,27). The maximum atomic E-state index is 12.7. The highest BCUT2D eigenvalue weighted by atomic mass is 16.2. The third-order valence-electron chi connectivity index (χ3n) is 5.07. The van der Waals surface area contributed by atoms with Gasteiger partial charge < -0.3 is 15.1 Å². The molecule has 1 saturated heterocycles. The Labute approximate surface area is 167 Å². The summed E-state index contributed by atoms with van der Waals surface area (Å²) in [5.74, 6) is -0.442. The Morgan fingerprint density at radius 3 is 2.25 bits per heavy atom. The molecule has 28 heavy (non-hydrogen) atoms. The van der Waals surface area contributed by atoms with Crippen LogP contribution in [0.25, 0.3) is 0 Å². The van der Waals surface area contributed by atoms with Crippen molar-refractivity contribution in [2.75, 3.05) is 23.3 Å². The molecule has 0 radical (unpaired) electrons. The van der Waals surface area contributed by atoms with E-state index >= 15 is 0 Å². The number of carbonyl (C=O) groups is 2. The van der Waals surface area contributed by atoms with Crippen LogP contribution in [-0.4, -0.2) is 35.8 Å². The smallest absolute Gasteiger partial charge is 0.233 e. The van der Waals surface area contributed by atoms with E-state index in [1.54, 1.807) is 4.90 Å². The summed E-state index contributed by atoms with van der Waals surface area (Å²) < 4.78 is 0.